The highest BCUT2D eigenvalue weighted by atomic mass is 31.2. The summed E-state index contributed by atoms with van der Waals surface area (Å²) >= 11 is 0. The molecule has 0 aliphatic rings. The predicted molar refractivity (Wildman–Crippen MR) is 142 cm³/mol. The summed E-state index contributed by atoms with van der Waals surface area (Å²) in [6.45, 7) is 17.5. The fraction of sp³-hybridized carbons (Fsp3) is 1.00. The Morgan fingerprint density at radius 2 is 1.03 bits per heavy atom. The zero-order chi connectivity index (χ0) is 24.2. The first kappa shape index (κ1) is 32.1. The molecule has 0 aliphatic carbocycles. The molecule has 0 aromatic carbocycles. The van der Waals surface area contributed by atoms with Crippen molar-refractivity contribution in [3.05, 3.63) is 0 Å². The molecule has 0 bridgehead atoms. The number of rotatable bonds is 23. The van der Waals surface area contributed by atoms with Crippen molar-refractivity contribution < 1.29 is 13.6 Å². The van der Waals surface area contributed by atoms with Crippen LogP contribution in [0.2, 0.25) is 0 Å². The van der Waals surface area contributed by atoms with E-state index < -0.39 is 7.60 Å². The molecule has 0 radical (unpaired) electrons. The van der Waals surface area contributed by atoms with E-state index in [0.717, 1.165) is 45.1 Å². The lowest BCUT2D eigenvalue weighted by Gasteiger charge is -2.31. The van der Waals surface area contributed by atoms with E-state index in [1.807, 2.05) is 0 Å². The maximum Gasteiger partial charge on any atom is 0.347 e. The van der Waals surface area contributed by atoms with E-state index in [1.165, 1.54) is 44.9 Å². The van der Waals surface area contributed by atoms with Gasteiger partial charge in [-0.1, -0.05) is 106 Å². The minimum absolute atomic E-state index is 0.217. The van der Waals surface area contributed by atoms with Crippen molar-refractivity contribution in [1.82, 2.24) is 5.32 Å². The molecule has 5 heteroatoms. The molecule has 0 spiro atoms. The largest absolute Gasteiger partial charge is 0.347 e. The molecule has 0 amide bonds. The first-order chi connectivity index (χ1) is 15.4. The average Bonchev–Trinajstić information content (AvgIpc) is 2.81. The lowest BCUT2D eigenvalue weighted by molar-refractivity contribution is 0.142. The van der Waals surface area contributed by atoms with Gasteiger partial charge in [-0.25, -0.2) is 0 Å². The van der Waals surface area contributed by atoms with Crippen LogP contribution in [0, 0.1) is 17.8 Å². The van der Waals surface area contributed by atoms with Crippen LogP contribution >= 0.6 is 7.60 Å². The van der Waals surface area contributed by atoms with Crippen molar-refractivity contribution in [2.75, 3.05) is 19.8 Å². The van der Waals surface area contributed by atoms with Crippen LogP contribution in [0.5, 0.6) is 0 Å². The molecule has 0 saturated carbocycles. The molecular weight excluding hydrogens is 417 g/mol. The van der Waals surface area contributed by atoms with Crippen LogP contribution in [0.15, 0.2) is 0 Å². The van der Waals surface area contributed by atoms with E-state index in [0.29, 0.717) is 31.0 Å². The Morgan fingerprint density at radius 1 is 0.625 bits per heavy atom. The molecule has 32 heavy (non-hydrogen) atoms. The minimum Gasteiger partial charge on any atom is -0.307 e. The minimum atomic E-state index is -3.23. The smallest absolute Gasteiger partial charge is 0.307 e. The normalized spacial score (nSPS) is 17.6. The van der Waals surface area contributed by atoms with Gasteiger partial charge in [-0.2, -0.15) is 0 Å². The molecule has 0 heterocycles. The van der Waals surface area contributed by atoms with Crippen molar-refractivity contribution in [1.29, 1.82) is 0 Å². The molecule has 194 valence electrons. The quantitative estimate of drug-likeness (QED) is 0.150. The van der Waals surface area contributed by atoms with Gasteiger partial charge in [0, 0.05) is 0 Å². The van der Waals surface area contributed by atoms with Gasteiger partial charge in [0.15, 0.2) is 0 Å². The van der Waals surface area contributed by atoms with Crippen molar-refractivity contribution in [2.24, 2.45) is 17.8 Å². The Morgan fingerprint density at radius 3 is 1.38 bits per heavy atom. The van der Waals surface area contributed by atoms with Gasteiger partial charge < -0.3 is 14.4 Å². The van der Waals surface area contributed by atoms with Gasteiger partial charge >= 0.3 is 7.60 Å². The summed E-state index contributed by atoms with van der Waals surface area (Å²) in [5, 5.41) is 3.63. The first-order valence-electron chi connectivity index (χ1n) is 14.1. The Hall–Kier alpha value is 0.110. The fourth-order valence-corrected chi connectivity index (χ4v) is 6.21. The monoisotopic (exact) mass is 475 g/mol. The zero-order valence-electron chi connectivity index (χ0n) is 22.8. The third kappa shape index (κ3) is 13.7. The molecular formula is C27H58NO3P. The maximum atomic E-state index is 14.1. The van der Waals surface area contributed by atoms with Crippen LogP contribution in [0.3, 0.4) is 0 Å². The SMILES string of the molecule is CCCCC(CC)CNC(CC)P(=O)(OCC(CC)CCCC)OCC(CC)CCCC. The number of hydrogen-bond donors (Lipinski definition) is 1. The molecule has 0 saturated heterocycles. The Balaban J connectivity index is 5.28. The summed E-state index contributed by atoms with van der Waals surface area (Å²) < 4.78 is 26.6. The molecule has 0 aromatic heterocycles. The van der Waals surface area contributed by atoms with Gasteiger partial charge in [0.25, 0.3) is 0 Å². The van der Waals surface area contributed by atoms with Gasteiger partial charge in [0.1, 0.15) is 5.78 Å². The molecule has 4 nitrogen and oxygen atoms in total. The molecule has 0 aliphatic heterocycles. The molecule has 0 aromatic rings. The van der Waals surface area contributed by atoms with E-state index in [1.54, 1.807) is 0 Å². The lowest BCUT2D eigenvalue weighted by Crippen LogP contribution is -2.35. The average molecular weight is 476 g/mol. The van der Waals surface area contributed by atoms with Crippen LogP contribution in [-0.2, 0) is 13.6 Å². The van der Waals surface area contributed by atoms with E-state index >= 15 is 0 Å². The fourth-order valence-electron chi connectivity index (χ4n) is 4.16. The highest BCUT2D eigenvalue weighted by molar-refractivity contribution is 7.54. The van der Waals surface area contributed by atoms with Gasteiger partial charge in [0.05, 0.1) is 13.2 Å². The van der Waals surface area contributed by atoms with E-state index in [4.69, 9.17) is 9.05 Å². The van der Waals surface area contributed by atoms with Crippen LogP contribution < -0.4 is 5.32 Å². The van der Waals surface area contributed by atoms with Gasteiger partial charge in [-0.05, 0) is 50.0 Å². The van der Waals surface area contributed by atoms with E-state index in [2.05, 4.69) is 53.8 Å². The number of unbranched alkanes of at least 4 members (excludes halogenated alkanes) is 3. The highest BCUT2D eigenvalue weighted by Gasteiger charge is 2.36. The van der Waals surface area contributed by atoms with Crippen LogP contribution in [0.4, 0.5) is 0 Å². The molecule has 0 rings (SSSR count). The van der Waals surface area contributed by atoms with Crippen molar-refractivity contribution in [2.45, 2.75) is 138 Å². The number of nitrogens with one attached hydrogen (secondary N) is 1. The Labute approximate surface area is 201 Å². The summed E-state index contributed by atoms with van der Waals surface area (Å²) in [7, 11) is -3.23. The van der Waals surface area contributed by atoms with Crippen molar-refractivity contribution in [3.8, 4) is 0 Å². The first-order valence-corrected chi connectivity index (χ1v) is 15.7. The van der Waals surface area contributed by atoms with E-state index in [-0.39, 0.29) is 5.78 Å². The highest BCUT2D eigenvalue weighted by Crippen LogP contribution is 2.54. The van der Waals surface area contributed by atoms with Crippen LogP contribution in [-0.4, -0.2) is 25.5 Å². The molecule has 4 atom stereocenters. The summed E-state index contributed by atoms with van der Waals surface area (Å²) in [5.41, 5.74) is 0. The van der Waals surface area contributed by atoms with Crippen LogP contribution in [0.25, 0.3) is 0 Å². The molecule has 0 fully saturated rings. The number of hydrogen-bond acceptors (Lipinski definition) is 4. The summed E-state index contributed by atoms with van der Waals surface area (Å²) in [5.74, 6) is 1.32. The zero-order valence-corrected chi connectivity index (χ0v) is 23.7. The van der Waals surface area contributed by atoms with Crippen molar-refractivity contribution in [3.63, 3.8) is 0 Å². The molecule has 1 N–H and O–H groups in total. The van der Waals surface area contributed by atoms with Crippen LogP contribution in [0.1, 0.15) is 132 Å². The third-order valence-electron chi connectivity index (χ3n) is 7.02. The van der Waals surface area contributed by atoms with E-state index in [9.17, 15) is 4.57 Å². The molecule has 4 unspecified atom stereocenters. The topological polar surface area (TPSA) is 47.6 Å². The maximum absolute atomic E-state index is 14.1. The summed E-state index contributed by atoms with van der Waals surface area (Å²) in [6, 6.07) is 0. The Bertz CT molecular complexity index is 436. The lowest BCUT2D eigenvalue weighted by atomic mass is 9.99. The predicted octanol–water partition coefficient (Wildman–Crippen LogP) is 9.19. The Kier molecular flexibility index (Phi) is 20.6. The standard InChI is InChI=1S/C27H58NO3P/c1-8-15-18-24(11-4)21-28-27(14-7)32(29,30-22-25(12-5)19-16-9-2)31-23-26(13-6)20-17-10-3/h24-28H,8-23H2,1-7H3. The summed E-state index contributed by atoms with van der Waals surface area (Å²) in [6.07, 6.45) is 14.8. The van der Waals surface area contributed by atoms with Crippen molar-refractivity contribution >= 4 is 7.60 Å². The second-order valence-corrected chi connectivity index (χ2v) is 11.9. The second-order valence-electron chi connectivity index (χ2n) is 9.71. The summed E-state index contributed by atoms with van der Waals surface area (Å²) in [4.78, 5) is 0. The van der Waals surface area contributed by atoms with Gasteiger partial charge in [-0.15, -0.1) is 0 Å². The second kappa shape index (κ2) is 20.5. The third-order valence-corrected chi connectivity index (χ3v) is 9.35. The van der Waals surface area contributed by atoms with Gasteiger partial charge in [-0.3, -0.25) is 4.57 Å². The van der Waals surface area contributed by atoms with Gasteiger partial charge in [0.2, 0.25) is 0 Å².